The normalized spacial score (nSPS) is 16.3. The van der Waals surface area contributed by atoms with E-state index in [9.17, 15) is 4.79 Å². The van der Waals surface area contributed by atoms with Gasteiger partial charge in [0.05, 0.1) is 13.0 Å². The van der Waals surface area contributed by atoms with Gasteiger partial charge >= 0.3 is 5.97 Å². The van der Waals surface area contributed by atoms with E-state index in [1.807, 2.05) is 13.8 Å². The number of hydrogen-bond donors (Lipinski definition) is 3. The lowest BCUT2D eigenvalue weighted by Crippen LogP contribution is -2.10. The molecule has 1 aliphatic rings. The van der Waals surface area contributed by atoms with Gasteiger partial charge in [0, 0.05) is 5.92 Å². The standard InChI is InChI=1S/C15H25N3O3S.C2H6/c19-14(20)9-12(15-17-13(10-16-22)18-21-15)8-4-7-11-5-2-1-3-6-11;1-2/h11-12,16,22H,1-10H2,(H,19,20);1-2H3/t12-;/m1./s1. The van der Waals surface area contributed by atoms with Crippen molar-refractivity contribution in [2.45, 2.75) is 84.1 Å². The Labute approximate surface area is 150 Å². The SMILES string of the molecule is CC.O=C(O)C[C@@H](CCCC1CCCCC1)c1nc(CNS)no1. The number of hydrogen-bond acceptors (Lipinski definition) is 6. The van der Waals surface area contributed by atoms with Gasteiger partial charge in [-0.25, -0.2) is 0 Å². The third-order valence-corrected chi connectivity index (χ3v) is 4.54. The van der Waals surface area contributed by atoms with Gasteiger partial charge in [-0.3, -0.25) is 9.52 Å². The fourth-order valence-corrected chi connectivity index (χ4v) is 3.37. The van der Waals surface area contributed by atoms with Crippen LogP contribution in [0.2, 0.25) is 0 Å². The first-order valence-corrected chi connectivity index (χ1v) is 9.55. The number of aromatic nitrogens is 2. The van der Waals surface area contributed by atoms with Crippen molar-refractivity contribution in [3.63, 3.8) is 0 Å². The number of aliphatic carboxylic acids is 1. The summed E-state index contributed by atoms with van der Waals surface area (Å²) in [4.78, 5) is 15.3. The minimum atomic E-state index is -0.824. The van der Waals surface area contributed by atoms with E-state index in [0.29, 0.717) is 18.3 Å². The molecule has 1 saturated carbocycles. The number of thiol groups is 1. The summed E-state index contributed by atoms with van der Waals surface area (Å²) in [6.45, 7) is 4.40. The van der Waals surface area contributed by atoms with Crippen LogP contribution in [0.4, 0.5) is 0 Å². The Balaban J connectivity index is 0.00000139. The van der Waals surface area contributed by atoms with Crippen molar-refractivity contribution in [3.05, 3.63) is 11.7 Å². The van der Waals surface area contributed by atoms with Gasteiger partial charge in [0.15, 0.2) is 5.82 Å². The van der Waals surface area contributed by atoms with E-state index in [1.165, 1.54) is 38.5 Å². The summed E-state index contributed by atoms with van der Waals surface area (Å²) in [6, 6.07) is 0. The van der Waals surface area contributed by atoms with Gasteiger partial charge in [-0.2, -0.15) is 4.98 Å². The summed E-state index contributed by atoms with van der Waals surface area (Å²) < 4.78 is 7.88. The molecule has 7 heteroatoms. The Morgan fingerprint density at radius 2 is 2.08 bits per heavy atom. The van der Waals surface area contributed by atoms with Crippen molar-refractivity contribution in [1.29, 1.82) is 0 Å². The molecule has 1 atom stereocenters. The monoisotopic (exact) mass is 357 g/mol. The Morgan fingerprint density at radius 3 is 2.71 bits per heavy atom. The summed E-state index contributed by atoms with van der Waals surface area (Å²) in [5.41, 5.74) is 0. The molecule has 0 amide bonds. The molecule has 1 aromatic rings. The molecular formula is C17H31N3O3S. The summed E-state index contributed by atoms with van der Waals surface area (Å²) in [6.07, 6.45) is 9.71. The van der Waals surface area contributed by atoms with Gasteiger partial charge in [0.25, 0.3) is 0 Å². The Kier molecular flexibility index (Phi) is 10.7. The molecule has 0 saturated heterocycles. The Bertz CT molecular complexity index is 462. The highest BCUT2D eigenvalue weighted by molar-refractivity contribution is 7.78. The van der Waals surface area contributed by atoms with Crippen LogP contribution in [0, 0.1) is 5.92 Å². The molecule has 0 radical (unpaired) electrons. The van der Waals surface area contributed by atoms with E-state index in [1.54, 1.807) is 0 Å². The number of nitrogens with one attached hydrogen (secondary N) is 1. The topological polar surface area (TPSA) is 88.2 Å². The molecule has 6 nitrogen and oxygen atoms in total. The molecule has 1 heterocycles. The van der Waals surface area contributed by atoms with Crippen LogP contribution >= 0.6 is 12.8 Å². The van der Waals surface area contributed by atoms with Gasteiger partial charge < -0.3 is 9.63 Å². The number of carboxylic acid groups (broad SMARTS) is 1. The maximum atomic E-state index is 11.1. The van der Waals surface area contributed by atoms with E-state index in [0.717, 1.165) is 18.8 Å². The van der Waals surface area contributed by atoms with Gasteiger partial charge in [-0.15, -0.1) is 0 Å². The van der Waals surface area contributed by atoms with Crippen molar-refractivity contribution in [2.24, 2.45) is 5.92 Å². The van der Waals surface area contributed by atoms with Crippen LogP contribution in [-0.4, -0.2) is 21.2 Å². The molecule has 0 aliphatic heterocycles. The number of carbonyl (C=O) groups is 1. The fourth-order valence-electron chi connectivity index (χ4n) is 3.23. The van der Waals surface area contributed by atoms with E-state index in [2.05, 4.69) is 27.7 Å². The lowest BCUT2D eigenvalue weighted by Gasteiger charge is -2.21. The molecular weight excluding hydrogens is 326 g/mol. The number of carboxylic acids is 1. The molecule has 1 fully saturated rings. The molecule has 0 bridgehead atoms. The van der Waals surface area contributed by atoms with E-state index in [-0.39, 0.29) is 12.3 Å². The maximum Gasteiger partial charge on any atom is 0.304 e. The van der Waals surface area contributed by atoms with Gasteiger partial charge in [-0.05, 0) is 12.3 Å². The second kappa shape index (κ2) is 12.3. The smallest absolute Gasteiger partial charge is 0.304 e. The fraction of sp³-hybridized carbons (Fsp3) is 0.824. The Morgan fingerprint density at radius 1 is 1.38 bits per heavy atom. The summed E-state index contributed by atoms with van der Waals surface area (Å²) in [5.74, 6) is 0.736. The number of nitrogens with zero attached hydrogens (tertiary/aromatic N) is 2. The summed E-state index contributed by atoms with van der Waals surface area (Å²) in [5, 5.41) is 12.9. The molecule has 0 spiro atoms. The largest absolute Gasteiger partial charge is 0.481 e. The van der Waals surface area contributed by atoms with Crippen LogP contribution in [0.25, 0.3) is 0 Å². The van der Waals surface area contributed by atoms with Gasteiger partial charge in [-0.1, -0.05) is 76.8 Å². The highest BCUT2D eigenvalue weighted by Crippen LogP contribution is 2.31. The average Bonchev–Trinajstić information content (AvgIpc) is 3.05. The van der Waals surface area contributed by atoms with Crippen molar-refractivity contribution < 1.29 is 14.4 Å². The van der Waals surface area contributed by atoms with E-state index >= 15 is 0 Å². The van der Waals surface area contributed by atoms with Crippen LogP contribution in [0.15, 0.2) is 4.52 Å². The second-order valence-corrected chi connectivity index (χ2v) is 6.43. The van der Waals surface area contributed by atoms with E-state index in [4.69, 9.17) is 9.63 Å². The van der Waals surface area contributed by atoms with E-state index < -0.39 is 5.97 Å². The van der Waals surface area contributed by atoms with Crippen LogP contribution < -0.4 is 4.72 Å². The molecule has 1 aromatic heterocycles. The first-order valence-electron chi connectivity index (χ1n) is 9.10. The quantitative estimate of drug-likeness (QED) is 0.570. The lowest BCUT2D eigenvalue weighted by molar-refractivity contribution is -0.137. The lowest BCUT2D eigenvalue weighted by atomic mass is 9.84. The predicted molar refractivity (Wildman–Crippen MR) is 96.9 cm³/mol. The van der Waals surface area contributed by atoms with Crippen LogP contribution in [0.3, 0.4) is 0 Å². The van der Waals surface area contributed by atoms with Gasteiger partial charge in [0.1, 0.15) is 0 Å². The zero-order valence-electron chi connectivity index (χ0n) is 14.8. The second-order valence-electron chi connectivity index (χ2n) is 6.11. The molecule has 1 aliphatic carbocycles. The maximum absolute atomic E-state index is 11.1. The highest BCUT2D eigenvalue weighted by Gasteiger charge is 2.23. The summed E-state index contributed by atoms with van der Waals surface area (Å²) >= 11 is 3.90. The minimum Gasteiger partial charge on any atom is -0.481 e. The highest BCUT2D eigenvalue weighted by atomic mass is 32.1. The zero-order valence-corrected chi connectivity index (χ0v) is 15.7. The molecule has 0 unspecified atom stereocenters. The molecule has 24 heavy (non-hydrogen) atoms. The van der Waals surface area contributed by atoms with Crippen LogP contribution in [-0.2, 0) is 11.3 Å². The first-order chi connectivity index (χ1) is 11.7. The third-order valence-electron chi connectivity index (χ3n) is 4.38. The van der Waals surface area contributed by atoms with Crippen molar-refractivity contribution in [2.75, 3.05) is 0 Å². The van der Waals surface area contributed by atoms with Crippen molar-refractivity contribution >= 4 is 18.8 Å². The minimum absolute atomic E-state index is 0.0423. The molecule has 138 valence electrons. The van der Waals surface area contributed by atoms with Crippen LogP contribution in [0.5, 0.6) is 0 Å². The van der Waals surface area contributed by atoms with Gasteiger partial charge in [0.2, 0.25) is 5.89 Å². The number of rotatable bonds is 9. The zero-order chi connectivity index (χ0) is 17.8. The van der Waals surface area contributed by atoms with Crippen LogP contribution in [0.1, 0.15) is 89.3 Å². The van der Waals surface area contributed by atoms with Crippen molar-refractivity contribution in [3.8, 4) is 0 Å². The third kappa shape index (κ3) is 7.66. The first kappa shape index (κ1) is 21.0. The molecule has 0 aromatic carbocycles. The molecule has 2 rings (SSSR count). The predicted octanol–water partition coefficient (Wildman–Crippen LogP) is 4.34. The van der Waals surface area contributed by atoms with Crippen molar-refractivity contribution in [1.82, 2.24) is 14.9 Å². The summed E-state index contributed by atoms with van der Waals surface area (Å²) in [7, 11) is 0. The molecule has 2 N–H and O–H groups in total. The average molecular weight is 358 g/mol. The Hall–Kier alpha value is -1.08.